The van der Waals surface area contributed by atoms with E-state index < -0.39 is 11.9 Å². The van der Waals surface area contributed by atoms with Gasteiger partial charge in [-0.05, 0) is 31.9 Å². The highest BCUT2D eigenvalue weighted by molar-refractivity contribution is 7.99. The maximum absolute atomic E-state index is 13.2. The molecule has 0 aliphatic carbocycles. The predicted octanol–water partition coefficient (Wildman–Crippen LogP) is 3.25. The van der Waals surface area contributed by atoms with Crippen molar-refractivity contribution in [3.8, 4) is 0 Å². The van der Waals surface area contributed by atoms with Crippen LogP contribution in [0.15, 0.2) is 34.4 Å². The van der Waals surface area contributed by atoms with Gasteiger partial charge in [0.05, 0.1) is 6.20 Å². The van der Waals surface area contributed by atoms with Crippen LogP contribution in [-0.2, 0) is 13.2 Å². The molecule has 0 unspecified atom stereocenters. The van der Waals surface area contributed by atoms with Crippen molar-refractivity contribution in [2.45, 2.75) is 41.4 Å². The van der Waals surface area contributed by atoms with Crippen LogP contribution >= 0.6 is 11.8 Å². The number of alkyl halides is 3. The number of aromatic nitrogens is 5. The van der Waals surface area contributed by atoms with Gasteiger partial charge in [-0.2, -0.15) is 18.2 Å². The number of aryl methyl sites for hydroxylation is 1. The Kier molecular flexibility index (Phi) is 4.89. The third-order valence-corrected chi connectivity index (χ3v) is 5.93. The highest BCUT2D eigenvalue weighted by atomic mass is 32.2. The Morgan fingerprint density at radius 2 is 1.90 bits per heavy atom. The molecule has 7 nitrogen and oxygen atoms in total. The van der Waals surface area contributed by atoms with Crippen molar-refractivity contribution < 1.29 is 13.2 Å². The number of hydrogen-bond donors (Lipinski definition) is 1. The van der Waals surface area contributed by atoms with Gasteiger partial charge in [-0.25, -0.2) is 9.97 Å². The zero-order valence-corrected chi connectivity index (χ0v) is 16.8. The summed E-state index contributed by atoms with van der Waals surface area (Å²) in [7, 11) is 1.85. The third-order valence-electron chi connectivity index (χ3n) is 4.98. The lowest BCUT2D eigenvalue weighted by atomic mass is 9.91. The zero-order chi connectivity index (χ0) is 20.8. The predicted molar refractivity (Wildman–Crippen MR) is 104 cm³/mol. The molecule has 0 aromatic carbocycles. The topological polar surface area (TPSA) is 85.8 Å². The number of hydrogen-bond acceptors (Lipinski definition) is 7. The van der Waals surface area contributed by atoms with Crippen molar-refractivity contribution in [2.75, 3.05) is 18.0 Å². The standard InChI is InChI=1S/C18H20F3N7S/c1-17(22)5-8-28(9-6-17)16-26-14-15(27(16)2)24-10-12(25-14)29-11-4-3-7-23-13(11)18(19,20)21/h3-4,7,10H,5-6,8-9,22H2,1-2H3. The second kappa shape index (κ2) is 7.13. The summed E-state index contributed by atoms with van der Waals surface area (Å²) < 4.78 is 41.4. The first-order valence-electron chi connectivity index (χ1n) is 9.07. The van der Waals surface area contributed by atoms with Crippen LogP contribution in [0.3, 0.4) is 0 Å². The van der Waals surface area contributed by atoms with Gasteiger partial charge in [0.25, 0.3) is 0 Å². The van der Waals surface area contributed by atoms with E-state index in [1.807, 2.05) is 18.5 Å². The number of nitrogens with two attached hydrogens (primary N) is 1. The molecule has 1 saturated heterocycles. The number of fused-ring (bicyclic) bond motifs is 1. The first-order chi connectivity index (χ1) is 13.6. The maximum atomic E-state index is 13.2. The van der Waals surface area contributed by atoms with E-state index >= 15 is 0 Å². The average Bonchev–Trinajstić information content (AvgIpc) is 2.97. The highest BCUT2D eigenvalue weighted by Gasteiger charge is 2.35. The van der Waals surface area contributed by atoms with Crippen LogP contribution < -0.4 is 10.6 Å². The van der Waals surface area contributed by atoms with Crippen molar-refractivity contribution in [1.29, 1.82) is 0 Å². The Balaban J connectivity index is 1.63. The van der Waals surface area contributed by atoms with E-state index in [0.717, 1.165) is 49.8 Å². The summed E-state index contributed by atoms with van der Waals surface area (Å²) in [4.78, 5) is 19.0. The molecule has 4 heterocycles. The second-order valence-corrected chi connectivity index (χ2v) is 8.48. The van der Waals surface area contributed by atoms with Gasteiger partial charge in [0.1, 0.15) is 5.03 Å². The molecule has 29 heavy (non-hydrogen) atoms. The van der Waals surface area contributed by atoms with Gasteiger partial charge < -0.3 is 10.6 Å². The molecular formula is C18H20F3N7S. The normalized spacial score (nSPS) is 17.1. The minimum Gasteiger partial charge on any atom is -0.342 e. The molecule has 0 radical (unpaired) electrons. The number of halogens is 3. The van der Waals surface area contributed by atoms with Crippen LogP contribution in [0.5, 0.6) is 0 Å². The molecule has 1 aliphatic heterocycles. The van der Waals surface area contributed by atoms with E-state index in [1.165, 1.54) is 18.3 Å². The third kappa shape index (κ3) is 4.01. The molecule has 3 aromatic rings. The summed E-state index contributed by atoms with van der Waals surface area (Å²) in [5.74, 6) is 0.731. The number of rotatable bonds is 3. The van der Waals surface area contributed by atoms with Crippen LogP contribution in [-0.4, -0.2) is 43.1 Å². The summed E-state index contributed by atoms with van der Waals surface area (Å²) in [6.45, 7) is 3.59. The fourth-order valence-electron chi connectivity index (χ4n) is 3.28. The first-order valence-corrected chi connectivity index (χ1v) is 9.89. The molecule has 4 rings (SSSR count). The largest absolute Gasteiger partial charge is 0.434 e. The maximum Gasteiger partial charge on any atom is 0.434 e. The van der Waals surface area contributed by atoms with Gasteiger partial charge in [-0.3, -0.25) is 9.55 Å². The van der Waals surface area contributed by atoms with Crippen LogP contribution in [0, 0.1) is 0 Å². The Hall–Kier alpha value is -2.40. The molecule has 1 aliphatic rings. The SMILES string of the molecule is Cn1c(N2CCC(C)(N)CC2)nc2nc(Sc3cccnc3C(F)(F)F)cnc21. The molecule has 11 heteroatoms. The van der Waals surface area contributed by atoms with Crippen LogP contribution in [0.2, 0.25) is 0 Å². The van der Waals surface area contributed by atoms with Crippen LogP contribution in [0.4, 0.5) is 19.1 Å². The number of imidazole rings is 1. The van der Waals surface area contributed by atoms with Crippen LogP contribution in [0.25, 0.3) is 11.3 Å². The molecule has 0 spiro atoms. The molecule has 154 valence electrons. The van der Waals surface area contributed by atoms with E-state index in [2.05, 4.69) is 24.8 Å². The minimum atomic E-state index is -4.54. The highest BCUT2D eigenvalue weighted by Crippen LogP contribution is 2.37. The molecule has 0 amide bonds. The summed E-state index contributed by atoms with van der Waals surface area (Å²) in [6, 6.07) is 2.83. The van der Waals surface area contributed by atoms with Gasteiger partial charge in [0.2, 0.25) is 5.95 Å². The molecule has 3 aromatic heterocycles. The van der Waals surface area contributed by atoms with E-state index in [-0.39, 0.29) is 10.4 Å². The van der Waals surface area contributed by atoms with E-state index in [1.54, 1.807) is 0 Å². The van der Waals surface area contributed by atoms with Crippen molar-refractivity contribution in [2.24, 2.45) is 12.8 Å². The van der Waals surface area contributed by atoms with E-state index in [4.69, 9.17) is 5.73 Å². The zero-order valence-electron chi connectivity index (χ0n) is 15.9. The number of anilines is 1. The van der Waals surface area contributed by atoms with Gasteiger partial charge >= 0.3 is 6.18 Å². The number of nitrogens with zero attached hydrogens (tertiary/aromatic N) is 6. The first kappa shape index (κ1) is 19.9. The quantitative estimate of drug-likeness (QED) is 0.692. The van der Waals surface area contributed by atoms with E-state index in [0.29, 0.717) is 16.3 Å². The number of pyridine rings is 1. The van der Waals surface area contributed by atoms with Gasteiger partial charge in [-0.15, -0.1) is 0 Å². The molecule has 2 N–H and O–H groups in total. The molecule has 1 fully saturated rings. The monoisotopic (exact) mass is 423 g/mol. The molecule has 0 saturated carbocycles. The summed E-state index contributed by atoms with van der Waals surface area (Å²) in [6.07, 6.45) is -0.264. The minimum absolute atomic E-state index is 0.0249. The fourth-order valence-corrected chi connectivity index (χ4v) is 4.16. The van der Waals surface area contributed by atoms with E-state index in [9.17, 15) is 13.2 Å². The average molecular weight is 423 g/mol. The van der Waals surface area contributed by atoms with Gasteiger partial charge in [0.15, 0.2) is 17.0 Å². The van der Waals surface area contributed by atoms with Crippen molar-refractivity contribution in [3.05, 3.63) is 30.2 Å². The molecule has 0 bridgehead atoms. The van der Waals surface area contributed by atoms with Crippen molar-refractivity contribution in [3.63, 3.8) is 0 Å². The molecule has 0 atom stereocenters. The Morgan fingerprint density at radius 1 is 1.17 bits per heavy atom. The van der Waals surface area contributed by atoms with Gasteiger partial charge in [-0.1, -0.05) is 11.8 Å². The molecular weight excluding hydrogens is 403 g/mol. The Bertz CT molecular complexity index is 1040. The van der Waals surface area contributed by atoms with Gasteiger partial charge in [0, 0.05) is 36.8 Å². The summed E-state index contributed by atoms with van der Waals surface area (Å²) in [5.41, 5.74) is 6.05. The lowest BCUT2D eigenvalue weighted by molar-refractivity contribution is -0.143. The van der Waals surface area contributed by atoms with Crippen LogP contribution in [0.1, 0.15) is 25.5 Å². The van der Waals surface area contributed by atoms with Crippen molar-refractivity contribution in [1.82, 2.24) is 24.5 Å². The smallest absolute Gasteiger partial charge is 0.342 e. The van der Waals surface area contributed by atoms with Crippen molar-refractivity contribution >= 4 is 29.0 Å². The lowest BCUT2D eigenvalue weighted by Crippen LogP contribution is -2.48. The Morgan fingerprint density at radius 3 is 2.59 bits per heavy atom. The Labute approximate surface area is 169 Å². The second-order valence-electron chi connectivity index (χ2n) is 7.42. The summed E-state index contributed by atoms with van der Waals surface area (Å²) in [5, 5.41) is 0.328. The number of piperidine rings is 1. The lowest BCUT2D eigenvalue weighted by Gasteiger charge is -2.37. The summed E-state index contributed by atoms with van der Waals surface area (Å²) >= 11 is 0.871. The fraction of sp³-hybridized carbons (Fsp3) is 0.444.